The minimum Gasteiger partial charge on any atom is -0.352 e. The van der Waals surface area contributed by atoms with Crippen LogP contribution in [0.3, 0.4) is 0 Å². The molecule has 1 fully saturated rings. The van der Waals surface area contributed by atoms with Gasteiger partial charge in [0, 0.05) is 25.3 Å². The average molecular weight is 205 g/mol. The number of pyridine rings is 1. The maximum absolute atomic E-state index is 5.80. The molecule has 3 heteroatoms. The van der Waals surface area contributed by atoms with Gasteiger partial charge < -0.3 is 10.6 Å². The largest absolute Gasteiger partial charge is 0.352 e. The van der Waals surface area contributed by atoms with Gasteiger partial charge in [-0.2, -0.15) is 0 Å². The molecule has 0 bridgehead atoms. The molecule has 0 saturated carbocycles. The molecule has 1 aromatic heterocycles. The minimum absolute atomic E-state index is 0.480. The van der Waals surface area contributed by atoms with Gasteiger partial charge in [0.25, 0.3) is 0 Å². The summed E-state index contributed by atoms with van der Waals surface area (Å²) in [4.78, 5) is 6.79. The van der Waals surface area contributed by atoms with E-state index >= 15 is 0 Å². The van der Waals surface area contributed by atoms with Crippen molar-refractivity contribution in [2.24, 2.45) is 5.73 Å². The number of rotatable bonds is 2. The van der Waals surface area contributed by atoms with Crippen LogP contribution in [0.2, 0.25) is 0 Å². The van der Waals surface area contributed by atoms with Crippen LogP contribution in [0.4, 0.5) is 5.82 Å². The number of hydrogen-bond acceptors (Lipinski definition) is 3. The second-order valence-electron chi connectivity index (χ2n) is 4.27. The molecule has 15 heavy (non-hydrogen) atoms. The van der Waals surface area contributed by atoms with E-state index in [9.17, 15) is 0 Å². The first kappa shape index (κ1) is 10.4. The number of hydrogen-bond donors (Lipinski definition) is 1. The number of piperidine rings is 1. The van der Waals surface area contributed by atoms with Crippen LogP contribution < -0.4 is 10.6 Å². The second kappa shape index (κ2) is 4.62. The van der Waals surface area contributed by atoms with Crippen LogP contribution in [0.15, 0.2) is 18.3 Å². The lowest BCUT2D eigenvalue weighted by molar-refractivity contribution is 0.462. The fourth-order valence-electron chi connectivity index (χ4n) is 2.22. The van der Waals surface area contributed by atoms with E-state index in [0.717, 1.165) is 18.9 Å². The maximum atomic E-state index is 5.80. The summed E-state index contributed by atoms with van der Waals surface area (Å²) in [5.74, 6) is 1.09. The Kier molecular flexibility index (Phi) is 3.21. The summed E-state index contributed by atoms with van der Waals surface area (Å²) < 4.78 is 0. The first-order valence-electron chi connectivity index (χ1n) is 5.70. The molecule has 2 rings (SSSR count). The molecule has 1 aliphatic rings. The monoisotopic (exact) mass is 205 g/mol. The molecule has 1 atom stereocenters. The van der Waals surface area contributed by atoms with Gasteiger partial charge in [0.1, 0.15) is 5.82 Å². The van der Waals surface area contributed by atoms with E-state index < -0.39 is 0 Å². The first-order chi connectivity index (χ1) is 7.31. The smallest absolute Gasteiger partial charge is 0.129 e. The molecule has 3 nitrogen and oxygen atoms in total. The van der Waals surface area contributed by atoms with E-state index in [1.807, 2.05) is 12.3 Å². The zero-order valence-corrected chi connectivity index (χ0v) is 9.32. The predicted octanol–water partition coefficient (Wildman–Crippen LogP) is 1.71. The summed E-state index contributed by atoms with van der Waals surface area (Å²) in [6.45, 7) is 3.93. The topological polar surface area (TPSA) is 42.2 Å². The van der Waals surface area contributed by atoms with Crippen LogP contribution in [-0.2, 0) is 0 Å². The lowest BCUT2D eigenvalue weighted by Crippen LogP contribution is -2.44. The number of anilines is 1. The summed E-state index contributed by atoms with van der Waals surface area (Å²) in [7, 11) is 0. The van der Waals surface area contributed by atoms with Crippen molar-refractivity contribution in [3.63, 3.8) is 0 Å². The van der Waals surface area contributed by atoms with Crippen molar-refractivity contribution in [2.75, 3.05) is 18.0 Å². The maximum Gasteiger partial charge on any atom is 0.129 e. The highest BCUT2D eigenvalue weighted by molar-refractivity contribution is 5.42. The Morgan fingerprint density at radius 2 is 2.40 bits per heavy atom. The molecule has 82 valence electrons. The van der Waals surface area contributed by atoms with Gasteiger partial charge in [-0.3, -0.25) is 0 Å². The number of aromatic nitrogens is 1. The summed E-state index contributed by atoms with van der Waals surface area (Å²) in [5, 5.41) is 0. The van der Waals surface area contributed by atoms with Gasteiger partial charge >= 0.3 is 0 Å². The van der Waals surface area contributed by atoms with Crippen LogP contribution in [0, 0.1) is 6.92 Å². The molecule has 2 heterocycles. The van der Waals surface area contributed by atoms with Gasteiger partial charge in [-0.05, 0) is 43.9 Å². The van der Waals surface area contributed by atoms with Crippen LogP contribution >= 0.6 is 0 Å². The van der Waals surface area contributed by atoms with E-state index in [-0.39, 0.29) is 0 Å². The van der Waals surface area contributed by atoms with Crippen molar-refractivity contribution >= 4 is 5.82 Å². The standard InChI is InChI=1S/C12H19N3/c1-10-5-6-14-12(8-10)15-7-3-2-4-11(15)9-13/h5-6,8,11H,2-4,7,9,13H2,1H3. The molecule has 0 aromatic carbocycles. The third-order valence-corrected chi connectivity index (χ3v) is 3.09. The van der Waals surface area contributed by atoms with Gasteiger partial charge in [-0.1, -0.05) is 0 Å². The zero-order chi connectivity index (χ0) is 10.7. The first-order valence-corrected chi connectivity index (χ1v) is 5.70. The quantitative estimate of drug-likeness (QED) is 0.799. The summed E-state index contributed by atoms with van der Waals surface area (Å²) in [5.41, 5.74) is 7.06. The molecule has 2 N–H and O–H groups in total. The van der Waals surface area contributed by atoms with E-state index in [0.29, 0.717) is 6.04 Å². The predicted molar refractivity (Wildman–Crippen MR) is 63.0 cm³/mol. The highest BCUT2D eigenvalue weighted by Gasteiger charge is 2.21. The van der Waals surface area contributed by atoms with Crippen LogP contribution in [-0.4, -0.2) is 24.1 Å². The molecule has 1 aromatic rings. The van der Waals surface area contributed by atoms with Crippen LogP contribution in [0.1, 0.15) is 24.8 Å². The highest BCUT2D eigenvalue weighted by atomic mass is 15.2. The van der Waals surface area contributed by atoms with Gasteiger partial charge in [0.2, 0.25) is 0 Å². The number of nitrogens with two attached hydrogens (primary N) is 1. The average Bonchev–Trinajstić information content (AvgIpc) is 2.29. The fourth-order valence-corrected chi connectivity index (χ4v) is 2.22. The molecule has 0 aliphatic carbocycles. The van der Waals surface area contributed by atoms with Crippen molar-refractivity contribution in [1.29, 1.82) is 0 Å². The summed E-state index contributed by atoms with van der Waals surface area (Å²) in [6.07, 6.45) is 5.63. The Labute approximate surface area is 91.3 Å². The molecule has 0 amide bonds. The van der Waals surface area contributed by atoms with Crippen LogP contribution in [0.25, 0.3) is 0 Å². The lowest BCUT2D eigenvalue weighted by Gasteiger charge is -2.36. The molecule has 1 unspecified atom stereocenters. The van der Waals surface area contributed by atoms with E-state index in [1.165, 1.54) is 24.8 Å². The van der Waals surface area contributed by atoms with Gasteiger partial charge in [0.05, 0.1) is 0 Å². The molecular formula is C12H19N3. The molecule has 1 saturated heterocycles. The minimum atomic E-state index is 0.480. The Hall–Kier alpha value is -1.09. The molecule has 0 radical (unpaired) electrons. The van der Waals surface area contributed by atoms with Crippen molar-refractivity contribution in [1.82, 2.24) is 4.98 Å². The Bertz CT molecular complexity index is 324. The normalized spacial score (nSPS) is 21.7. The van der Waals surface area contributed by atoms with Crippen molar-refractivity contribution in [3.8, 4) is 0 Å². The van der Waals surface area contributed by atoms with Gasteiger partial charge in [-0.25, -0.2) is 4.98 Å². The fraction of sp³-hybridized carbons (Fsp3) is 0.583. The van der Waals surface area contributed by atoms with Gasteiger partial charge in [-0.15, -0.1) is 0 Å². The van der Waals surface area contributed by atoms with Crippen molar-refractivity contribution < 1.29 is 0 Å². The third-order valence-electron chi connectivity index (χ3n) is 3.09. The van der Waals surface area contributed by atoms with E-state index in [4.69, 9.17) is 5.73 Å². The van der Waals surface area contributed by atoms with E-state index in [1.54, 1.807) is 0 Å². The van der Waals surface area contributed by atoms with Crippen molar-refractivity contribution in [3.05, 3.63) is 23.9 Å². The summed E-state index contributed by atoms with van der Waals surface area (Å²) >= 11 is 0. The molecular weight excluding hydrogens is 186 g/mol. The molecule has 0 spiro atoms. The lowest BCUT2D eigenvalue weighted by atomic mass is 10.0. The number of aryl methyl sites for hydroxylation is 1. The summed E-state index contributed by atoms with van der Waals surface area (Å²) in [6, 6.07) is 4.66. The highest BCUT2D eigenvalue weighted by Crippen LogP contribution is 2.22. The van der Waals surface area contributed by atoms with Crippen molar-refractivity contribution in [2.45, 2.75) is 32.2 Å². The Morgan fingerprint density at radius 3 is 3.13 bits per heavy atom. The van der Waals surface area contributed by atoms with E-state index in [2.05, 4.69) is 22.9 Å². The van der Waals surface area contributed by atoms with Crippen LogP contribution in [0.5, 0.6) is 0 Å². The number of nitrogens with zero attached hydrogens (tertiary/aromatic N) is 2. The zero-order valence-electron chi connectivity index (χ0n) is 9.32. The SMILES string of the molecule is Cc1ccnc(N2CCCCC2CN)c1. The molecule has 1 aliphatic heterocycles. The Balaban J connectivity index is 2.20. The second-order valence-corrected chi connectivity index (χ2v) is 4.27. The third kappa shape index (κ3) is 2.29. The van der Waals surface area contributed by atoms with Gasteiger partial charge in [0.15, 0.2) is 0 Å². The Morgan fingerprint density at radius 1 is 1.53 bits per heavy atom.